The van der Waals surface area contributed by atoms with Crippen molar-refractivity contribution in [1.29, 1.82) is 0 Å². The number of H-pyrrole nitrogens is 1. The molecule has 4 rings (SSSR count). The molecule has 0 atom stereocenters. The summed E-state index contributed by atoms with van der Waals surface area (Å²) in [6, 6.07) is 11.5. The van der Waals surface area contributed by atoms with Crippen molar-refractivity contribution in [2.75, 3.05) is 6.54 Å². The third-order valence-corrected chi connectivity index (χ3v) is 4.02. The number of nitrogens with zero attached hydrogens (tertiary/aromatic N) is 4. The second-order valence-corrected chi connectivity index (χ2v) is 5.61. The lowest BCUT2D eigenvalue weighted by atomic mass is 10.1. The number of aromatic amines is 1. The van der Waals surface area contributed by atoms with Gasteiger partial charge in [-0.3, -0.25) is 4.79 Å². The molecule has 0 aliphatic heterocycles. The quantitative estimate of drug-likeness (QED) is 0.586. The predicted octanol–water partition coefficient (Wildman–Crippen LogP) is 2.12. The zero-order valence-electron chi connectivity index (χ0n) is 13.4. The van der Waals surface area contributed by atoms with Gasteiger partial charge in [0.15, 0.2) is 5.82 Å². The molecule has 1 amide bonds. The van der Waals surface area contributed by atoms with Gasteiger partial charge in [0.25, 0.3) is 5.91 Å². The van der Waals surface area contributed by atoms with Crippen LogP contribution in [0.2, 0.25) is 0 Å². The van der Waals surface area contributed by atoms with E-state index in [2.05, 4.69) is 31.4 Å². The van der Waals surface area contributed by atoms with E-state index in [1.807, 2.05) is 24.4 Å². The summed E-state index contributed by atoms with van der Waals surface area (Å²) in [5.74, 6) is 0.422. The van der Waals surface area contributed by atoms with E-state index < -0.39 is 0 Å². The molecule has 3 heterocycles. The summed E-state index contributed by atoms with van der Waals surface area (Å²) < 4.78 is 1.52. The van der Waals surface area contributed by atoms with Gasteiger partial charge in [-0.1, -0.05) is 18.2 Å². The Morgan fingerprint density at radius 1 is 1.24 bits per heavy atom. The van der Waals surface area contributed by atoms with E-state index in [4.69, 9.17) is 0 Å². The maximum atomic E-state index is 12.4. The van der Waals surface area contributed by atoms with Crippen molar-refractivity contribution >= 4 is 16.8 Å². The highest BCUT2D eigenvalue weighted by atomic mass is 16.1. The second-order valence-electron chi connectivity index (χ2n) is 5.61. The van der Waals surface area contributed by atoms with Crippen LogP contribution >= 0.6 is 0 Å². The molecule has 0 aliphatic carbocycles. The number of carbonyl (C=O) groups excluding carboxylic acids is 1. The van der Waals surface area contributed by atoms with Gasteiger partial charge in [-0.05, 0) is 30.2 Å². The highest BCUT2D eigenvalue weighted by Gasteiger charge is 2.09. The van der Waals surface area contributed by atoms with Crippen LogP contribution in [-0.2, 0) is 6.42 Å². The van der Waals surface area contributed by atoms with Crippen molar-refractivity contribution in [3.8, 4) is 5.82 Å². The summed E-state index contributed by atoms with van der Waals surface area (Å²) in [7, 11) is 0. The summed E-state index contributed by atoms with van der Waals surface area (Å²) in [6.07, 6.45) is 7.31. The van der Waals surface area contributed by atoms with E-state index in [-0.39, 0.29) is 5.91 Å². The Bertz CT molecular complexity index is 1010. The maximum Gasteiger partial charge on any atom is 0.251 e. The van der Waals surface area contributed by atoms with E-state index in [1.165, 1.54) is 22.0 Å². The molecule has 2 N–H and O–H groups in total. The molecule has 0 unspecified atom stereocenters. The first kappa shape index (κ1) is 15.1. The van der Waals surface area contributed by atoms with Crippen molar-refractivity contribution < 1.29 is 4.79 Å². The van der Waals surface area contributed by atoms with Gasteiger partial charge >= 0.3 is 0 Å². The molecule has 25 heavy (non-hydrogen) atoms. The Morgan fingerprint density at radius 2 is 2.16 bits per heavy atom. The lowest BCUT2D eigenvalue weighted by Crippen LogP contribution is -2.25. The van der Waals surface area contributed by atoms with Crippen LogP contribution in [0.4, 0.5) is 0 Å². The first-order chi connectivity index (χ1) is 12.3. The molecule has 0 aliphatic rings. The van der Waals surface area contributed by atoms with Gasteiger partial charge in [0.2, 0.25) is 0 Å². The molecule has 1 aromatic carbocycles. The average molecular weight is 332 g/mol. The van der Waals surface area contributed by atoms with Crippen LogP contribution in [0.1, 0.15) is 15.9 Å². The van der Waals surface area contributed by atoms with Crippen molar-refractivity contribution in [2.24, 2.45) is 0 Å². The second kappa shape index (κ2) is 6.56. The van der Waals surface area contributed by atoms with Crippen LogP contribution in [0.25, 0.3) is 16.7 Å². The van der Waals surface area contributed by atoms with Gasteiger partial charge in [-0.15, -0.1) is 0 Å². The number of aromatic nitrogens is 5. The van der Waals surface area contributed by atoms with Gasteiger partial charge in [-0.25, -0.2) is 14.6 Å². The minimum absolute atomic E-state index is 0.136. The molecular weight excluding hydrogens is 316 g/mol. The first-order valence-corrected chi connectivity index (χ1v) is 7.95. The molecule has 0 bridgehead atoms. The Morgan fingerprint density at radius 3 is 3.04 bits per heavy atom. The van der Waals surface area contributed by atoms with Gasteiger partial charge < -0.3 is 10.3 Å². The fourth-order valence-electron chi connectivity index (χ4n) is 2.76. The van der Waals surface area contributed by atoms with Crippen molar-refractivity contribution in [2.45, 2.75) is 6.42 Å². The first-order valence-electron chi connectivity index (χ1n) is 7.95. The molecule has 7 nitrogen and oxygen atoms in total. The minimum Gasteiger partial charge on any atom is -0.361 e. The number of amides is 1. The average Bonchev–Trinajstić information content (AvgIpc) is 3.32. The lowest BCUT2D eigenvalue weighted by Gasteiger charge is -2.06. The molecular formula is C18H16N6O. The number of rotatable bonds is 5. The van der Waals surface area contributed by atoms with E-state index in [0.29, 0.717) is 17.9 Å². The van der Waals surface area contributed by atoms with Crippen LogP contribution in [0.5, 0.6) is 0 Å². The summed E-state index contributed by atoms with van der Waals surface area (Å²) in [6.45, 7) is 0.557. The monoisotopic (exact) mass is 332 g/mol. The zero-order valence-corrected chi connectivity index (χ0v) is 13.4. The standard InChI is InChI=1S/C18H16N6O/c25-18(13-5-7-20-17(9-13)24-12-19-11-23-24)21-8-6-14-10-22-16-4-2-1-3-15(14)16/h1-5,7,9-12,22H,6,8H2,(H,21,25). The van der Waals surface area contributed by atoms with Crippen molar-refractivity contribution in [3.05, 3.63) is 72.6 Å². The Kier molecular flexibility index (Phi) is 3.96. The van der Waals surface area contributed by atoms with Crippen molar-refractivity contribution in [3.63, 3.8) is 0 Å². The van der Waals surface area contributed by atoms with E-state index in [1.54, 1.807) is 24.7 Å². The van der Waals surface area contributed by atoms with Crippen LogP contribution in [0, 0.1) is 0 Å². The summed E-state index contributed by atoms with van der Waals surface area (Å²) >= 11 is 0. The smallest absolute Gasteiger partial charge is 0.251 e. The largest absolute Gasteiger partial charge is 0.361 e. The molecule has 3 aromatic heterocycles. The number of fused-ring (bicyclic) bond motifs is 1. The van der Waals surface area contributed by atoms with E-state index >= 15 is 0 Å². The van der Waals surface area contributed by atoms with Crippen LogP contribution in [0.15, 0.2) is 61.4 Å². The Hall–Kier alpha value is -3.48. The molecule has 7 heteroatoms. The number of benzene rings is 1. The number of hydrogen-bond donors (Lipinski definition) is 2. The van der Waals surface area contributed by atoms with Crippen molar-refractivity contribution in [1.82, 2.24) is 30.0 Å². The molecule has 4 aromatic rings. The number of pyridine rings is 1. The third-order valence-electron chi connectivity index (χ3n) is 4.02. The summed E-state index contributed by atoms with van der Waals surface area (Å²) in [5.41, 5.74) is 2.84. The number of carbonyl (C=O) groups is 1. The molecule has 0 spiro atoms. The Balaban J connectivity index is 1.42. The van der Waals surface area contributed by atoms with Crippen LogP contribution < -0.4 is 5.32 Å². The topological polar surface area (TPSA) is 88.5 Å². The molecule has 124 valence electrons. The highest BCUT2D eigenvalue weighted by Crippen LogP contribution is 2.17. The van der Waals surface area contributed by atoms with Crippen LogP contribution in [-0.4, -0.2) is 37.2 Å². The fraction of sp³-hybridized carbons (Fsp3) is 0.111. The van der Waals surface area contributed by atoms with Crippen LogP contribution in [0.3, 0.4) is 0 Å². The maximum absolute atomic E-state index is 12.4. The molecule has 0 radical (unpaired) electrons. The Labute approximate surface area is 143 Å². The third kappa shape index (κ3) is 3.12. The van der Waals surface area contributed by atoms with Gasteiger partial charge in [0, 0.05) is 35.4 Å². The normalized spacial score (nSPS) is 10.9. The summed E-state index contributed by atoms with van der Waals surface area (Å²) in [4.78, 5) is 23.7. The SMILES string of the molecule is O=C(NCCc1c[nH]c2ccccc12)c1ccnc(-n2cncn2)c1. The number of nitrogens with one attached hydrogen (secondary N) is 2. The highest BCUT2D eigenvalue weighted by molar-refractivity contribution is 5.94. The van der Waals surface area contributed by atoms with Gasteiger partial charge in [-0.2, -0.15) is 5.10 Å². The number of hydrogen-bond acceptors (Lipinski definition) is 4. The molecule has 0 saturated carbocycles. The molecule has 0 saturated heterocycles. The fourth-order valence-corrected chi connectivity index (χ4v) is 2.76. The van der Waals surface area contributed by atoms with Gasteiger partial charge in [0.1, 0.15) is 12.7 Å². The minimum atomic E-state index is -0.136. The zero-order chi connectivity index (χ0) is 17.1. The number of para-hydroxylation sites is 1. The lowest BCUT2D eigenvalue weighted by molar-refractivity contribution is 0.0954. The van der Waals surface area contributed by atoms with E-state index in [0.717, 1.165) is 11.9 Å². The van der Waals surface area contributed by atoms with Gasteiger partial charge in [0.05, 0.1) is 0 Å². The predicted molar refractivity (Wildman–Crippen MR) is 93.5 cm³/mol. The molecule has 0 fully saturated rings. The summed E-state index contributed by atoms with van der Waals surface area (Å²) in [5, 5.41) is 8.16. The van der Waals surface area contributed by atoms with E-state index in [9.17, 15) is 4.79 Å².